The summed E-state index contributed by atoms with van der Waals surface area (Å²) in [5.74, 6) is 0. The van der Waals surface area contributed by atoms with E-state index in [-0.39, 0.29) is 17.2 Å². The number of nitrogens with zero attached hydrogens (tertiary/aromatic N) is 1. The molecule has 2 aliphatic heterocycles. The highest BCUT2D eigenvalue weighted by Crippen LogP contribution is 2.32. The van der Waals surface area contributed by atoms with Gasteiger partial charge in [0.25, 0.3) is 0 Å². The van der Waals surface area contributed by atoms with Crippen LogP contribution < -0.4 is 5.32 Å². The molecule has 0 bridgehead atoms. The summed E-state index contributed by atoms with van der Waals surface area (Å²) >= 11 is 0. The molecule has 0 aromatic heterocycles. The molecule has 2 N–H and O–H groups in total. The summed E-state index contributed by atoms with van der Waals surface area (Å²) in [6, 6.07) is 0.175. The second-order valence-electron chi connectivity index (χ2n) is 7.35. The second-order valence-corrected chi connectivity index (χ2v) is 7.35. The first-order valence-electron chi connectivity index (χ1n) is 6.99. The Bertz CT molecular complexity index is 297. The van der Waals surface area contributed by atoms with Gasteiger partial charge in [0.15, 0.2) is 0 Å². The molecule has 4 nitrogen and oxygen atoms in total. The van der Waals surface area contributed by atoms with Gasteiger partial charge in [-0.3, -0.25) is 4.90 Å². The van der Waals surface area contributed by atoms with E-state index < -0.39 is 5.60 Å². The third-order valence-electron chi connectivity index (χ3n) is 4.02. The van der Waals surface area contributed by atoms with Gasteiger partial charge in [0.2, 0.25) is 0 Å². The highest BCUT2D eigenvalue weighted by atomic mass is 16.5. The lowest BCUT2D eigenvalue weighted by Gasteiger charge is -2.53. The van der Waals surface area contributed by atoms with Crippen molar-refractivity contribution < 1.29 is 9.84 Å². The topological polar surface area (TPSA) is 44.7 Å². The van der Waals surface area contributed by atoms with Gasteiger partial charge in [-0.05, 0) is 47.6 Å². The first-order chi connectivity index (χ1) is 8.11. The minimum atomic E-state index is -0.602. The van der Waals surface area contributed by atoms with Crippen LogP contribution in [0.3, 0.4) is 0 Å². The molecule has 2 fully saturated rings. The van der Waals surface area contributed by atoms with Crippen molar-refractivity contribution in [2.45, 2.75) is 63.9 Å². The summed E-state index contributed by atoms with van der Waals surface area (Å²) < 4.78 is 6.11. The first kappa shape index (κ1) is 14.3. The van der Waals surface area contributed by atoms with E-state index in [0.717, 1.165) is 32.6 Å². The first-order valence-corrected chi connectivity index (χ1v) is 6.99. The molecule has 0 aromatic carbocycles. The minimum absolute atomic E-state index is 0.157. The number of morpholine rings is 1. The normalized spacial score (nSPS) is 40.7. The van der Waals surface area contributed by atoms with E-state index in [4.69, 9.17) is 4.74 Å². The number of hydrogen-bond acceptors (Lipinski definition) is 4. The molecule has 106 valence electrons. The summed E-state index contributed by atoms with van der Waals surface area (Å²) in [5, 5.41) is 14.0. The Balaban J connectivity index is 2.16. The highest BCUT2D eigenvalue weighted by Gasteiger charge is 2.46. The average molecular weight is 256 g/mol. The van der Waals surface area contributed by atoms with Gasteiger partial charge in [-0.15, -0.1) is 0 Å². The maximum atomic E-state index is 10.6. The summed E-state index contributed by atoms with van der Waals surface area (Å²) in [5.41, 5.74) is -0.917. The quantitative estimate of drug-likeness (QED) is 0.734. The number of rotatable bonds is 1. The van der Waals surface area contributed by atoms with Crippen molar-refractivity contribution in [2.75, 3.05) is 26.2 Å². The Morgan fingerprint density at radius 3 is 2.17 bits per heavy atom. The number of hydrogen-bond donors (Lipinski definition) is 2. The number of aliphatic hydroxyl groups is 1. The van der Waals surface area contributed by atoms with E-state index in [1.807, 2.05) is 6.92 Å². The lowest BCUT2D eigenvalue weighted by molar-refractivity contribution is -0.202. The standard InChI is InChI=1S/C14H28N2O2/c1-12(2)9-16(10-13(3,4)18-12)11-8-15-7-6-14(11,5)17/h11,15,17H,6-10H2,1-5H3. The molecule has 2 saturated heterocycles. The average Bonchev–Trinajstić information content (AvgIpc) is 2.11. The fourth-order valence-corrected chi connectivity index (χ4v) is 3.56. The summed E-state index contributed by atoms with van der Waals surface area (Å²) in [6.45, 7) is 14.0. The van der Waals surface area contributed by atoms with Crippen LogP contribution in [-0.4, -0.2) is 59.0 Å². The van der Waals surface area contributed by atoms with Crippen LogP contribution in [-0.2, 0) is 4.74 Å². The molecule has 0 radical (unpaired) electrons. The van der Waals surface area contributed by atoms with Crippen LogP contribution in [0.1, 0.15) is 41.0 Å². The van der Waals surface area contributed by atoms with Crippen molar-refractivity contribution in [1.29, 1.82) is 0 Å². The number of nitrogens with one attached hydrogen (secondary N) is 1. The predicted molar refractivity (Wildman–Crippen MR) is 72.7 cm³/mol. The van der Waals surface area contributed by atoms with E-state index in [0.29, 0.717) is 0 Å². The Morgan fingerprint density at radius 2 is 1.67 bits per heavy atom. The molecule has 0 aliphatic carbocycles. The van der Waals surface area contributed by atoms with Gasteiger partial charge in [0.05, 0.1) is 22.8 Å². The molecule has 2 aliphatic rings. The zero-order chi connectivity index (χ0) is 13.6. The third kappa shape index (κ3) is 3.05. The molecule has 2 rings (SSSR count). The zero-order valence-corrected chi connectivity index (χ0v) is 12.4. The van der Waals surface area contributed by atoms with Crippen molar-refractivity contribution in [3.05, 3.63) is 0 Å². The summed E-state index contributed by atoms with van der Waals surface area (Å²) in [7, 11) is 0. The zero-order valence-electron chi connectivity index (χ0n) is 12.4. The highest BCUT2D eigenvalue weighted by molar-refractivity contribution is 5.00. The monoisotopic (exact) mass is 256 g/mol. The lowest BCUT2D eigenvalue weighted by Crippen LogP contribution is -2.67. The van der Waals surface area contributed by atoms with Gasteiger partial charge in [-0.25, -0.2) is 0 Å². The van der Waals surface area contributed by atoms with Gasteiger partial charge >= 0.3 is 0 Å². The van der Waals surface area contributed by atoms with Gasteiger partial charge in [-0.2, -0.15) is 0 Å². The van der Waals surface area contributed by atoms with Gasteiger partial charge < -0.3 is 15.2 Å². The fraction of sp³-hybridized carbons (Fsp3) is 1.00. The van der Waals surface area contributed by atoms with Crippen LogP contribution in [0.15, 0.2) is 0 Å². The molecule has 0 aromatic rings. The Kier molecular flexibility index (Phi) is 3.52. The molecule has 0 amide bonds. The third-order valence-corrected chi connectivity index (χ3v) is 4.02. The largest absolute Gasteiger partial charge is 0.388 e. The molecular formula is C14H28N2O2. The molecule has 2 unspecified atom stereocenters. The van der Waals surface area contributed by atoms with Gasteiger partial charge in [-0.1, -0.05) is 0 Å². The fourth-order valence-electron chi connectivity index (χ4n) is 3.56. The molecule has 2 atom stereocenters. The smallest absolute Gasteiger partial charge is 0.0798 e. The van der Waals surface area contributed by atoms with Crippen LogP contribution in [0.2, 0.25) is 0 Å². The number of ether oxygens (including phenoxy) is 1. The minimum Gasteiger partial charge on any atom is -0.388 e. The Hall–Kier alpha value is -0.160. The van der Waals surface area contributed by atoms with Crippen molar-refractivity contribution >= 4 is 0 Å². The van der Waals surface area contributed by atoms with E-state index in [1.165, 1.54) is 0 Å². The molecule has 18 heavy (non-hydrogen) atoms. The van der Waals surface area contributed by atoms with Crippen molar-refractivity contribution in [3.8, 4) is 0 Å². The van der Waals surface area contributed by atoms with Crippen molar-refractivity contribution in [2.24, 2.45) is 0 Å². The molecular weight excluding hydrogens is 228 g/mol. The molecule has 0 saturated carbocycles. The molecule has 0 spiro atoms. The van der Waals surface area contributed by atoms with Gasteiger partial charge in [0.1, 0.15) is 0 Å². The SMILES string of the molecule is CC1(C)CN(C2CNCCC2(C)O)CC(C)(C)O1. The van der Waals surface area contributed by atoms with Crippen LogP contribution in [0.25, 0.3) is 0 Å². The van der Waals surface area contributed by atoms with Crippen LogP contribution >= 0.6 is 0 Å². The Morgan fingerprint density at radius 1 is 1.11 bits per heavy atom. The van der Waals surface area contributed by atoms with Crippen molar-refractivity contribution in [1.82, 2.24) is 10.2 Å². The number of piperidine rings is 1. The second kappa shape index (κ2) is 4.44. The summed E-state index contributed by atoms with van der Waals surface area (Å²) in [4.78, 5) is 2.40. The summed E-state index contributed by atoms with van der Waals surface area (Å²) in [6.07, 6.45) is 0.815. The van der Waals surface area contributed by atoms with Crippen LogP contribution in [0, 0.1) is 0 Å². The predicted octanol–water partition coefficient (Wildman–Crippen LogP) is 0.989. The van der Waals surface area contributed by atoms with Gasteiger partial charge in [0, 0.05) is 19.6 Å². The lowest BCUT2D eigenvalue weighted by atomic mass is 9.85. The van der Waals surface area contributed by atoms with E-state index in [9.17, 15) is 5.11 Å². The maximum Gasteiger partial charge on any atom is 0.0798 e. The molecule has 2 heterocycles. The van der Waals surface area contributed by atoms with E-state index >= 15 is 0 Å². The van der Waals surface area contributed by atoms with E-state index in [1.54, 1.807) is 0 Å². The molecule has 4 heteroatoms. The van der Waals surface area contributed by atoms with Crippen LogP contribution in [0.4, 0.5) is 0 Å². The maximum absolute atomic E-state index is 10.6. The van der Waals surface area contributed by atoms with E-state index in [2.05, 4.69) is 37.9 Å². The van der Waals surface area contributed by atoms with Crippen molar-refractivity contribution in [3.63, 3.8) is 0 Å². The Labute approximate surface area is 111 Å². The van der Waals surface area contributed by atoms with Crippen LogP contribution in [0.5, 0.6) is 0 Å².